The number of hydrogen-bond acceptors (Lipinski definition) is 7. The minimum Gasteiger partial charge on any atom is -0.392 e. The maximum absolute atomic E-state index is 12.2. The standard InChI is InChI=1S/C7H16N2.C5H9F2N.C5H10FN.C5H11NO.C5H11N/c1-8(2)7-4-5-9(3)6-7;1-8-3-2-5(6,7)4-8;1-7-3-2-5(6)4-7;1-6-3-2-5(7)4-6;1-6-4-2-3-5-6/h7H,4-6H2,1-3H3;2-4H2,1H3;5H,2-4H2,1H3;5,7H,2-4H2,1H3;2-5H2,1H3. The van der Waals surface area contributed by atoms with Crippen LogP contribution < -0.4 is 0 Å². The molecule has 5 rings (SSSR count). The molecule has 37 heavy (non-hydrogen) atoms. The summed E-state index contributed by atoms with van der Waals surface area (Å²) in [4.78, 5) is 12.8. The molecule has 7 nitrogen and oxygen atoms in total. The molecule has 0 saturated carbocycles. The summed E-state index contributed by atoms with van der Waals surface area (Å²) in [6.07, 6.45) is 5.28. The summed E-state index contributed by atoms with van der Waals surface area (Å²) in [6.45, 7) is 9.11. The van der Waals surface area contributed by atoms with Crippen LogP contribution in [-0.2, 0) is 0 Å². The summed E-state index contributed by atoms with van der Waals surface area (Å²) in [7, 11) is 14.3. The summed E-state index contributed by atoms with van der Waals surface area (Å²) in [5.41, 5.74) is 0. The Morgan fingerprint density at radius 2 is 1.22 bits per heavy atom. The van der Waals surface area contributed by atoms with Crippen molar-refractivity contribution in [3.8, 4) is 0 Å². The number of halogens is 3. The number of nitrogens with zero attached hydrogens (tertiary/aromatic N) is 6. The molecule has 5 saturated heterocycles. The predicted molar refractivity (Wildman–Crippen MR) is 149 cm³/mol. The Bertz CT molecular complexity index is 548. The zero-order valence-electron chi connectivity index (χ0n) is 24.8. The van der Waals surface area contributed by atoms with E-state index in [-0.39, 0.29) is 19.1 Å². The van der Waals surface area contributed by atoms with Crippen LogP contribution in [0.15, 0.2) is 0 Å². The Morgan fingerprint density at radius 1 is 0.676 bits per heavy atom. The molecule has 5 aliphatic rings. The fraction of sp³-hybridized carbons (Fsp3) is 1.00. The minimum atomic E-state index is -2.41. The fourth-order valence-corrected chi connectivity index (χ4v) is 4.91. The van der Waals surface area contributed by atoms with Gasteiger partial charge in [0.25, 0.3) is 5.92 Å². The van der Waals surface area contributed by atoms with E-state index in [1.165, 1.54) is 45.4 Å². The van der Waals surface area contributed by atoms with Crippen molar-refractivity contribution in [2.75, 3.05) is 115 Å². The van der Waals surface area contributed by atoms with E-state index in [4.69, 9.17) is 5.11 Å². The van der Waals surface area contributed by atoms with Gasteiger partial charge in [-0.3, -0.25) is 0 Å². The molecule has 5 heterocycles. The number of β-amino-alcohol motifs (C(OH)–C–C–N with tert-alkyl or cyclic N) is 1. The molecule has 5 fully saturated rings. The first-order valence-electron chi connectivity index (χ1n) is 14.1. The molecular formula is C27H57F3N6O. The first-order chi connectivity index (χ1) is 17.3. The summed E-state index contributed by atoms with van der Waals surface area (Å²) < 4.78 is 36.4. The van der Waals surface area contributed by atoms with Crippen molar-refractivity contribution in [1.82, 2.24) is 29.4 Å². The Morgan fingerprint density at radius 3 is 1.38 bits per heavy atom. The number of aliphatic hydroxyl groups excluding tert-OH is 1. The molecule has 0 spiro atoms. The van der Waals surface area contributed by atoms with E-state index in [1.807, 2.05) is 19.0 Å². The normalized spacial score (nSPS) is 30.6. The third-order valence-corrected chi connectivity index (χ3v) is 7.49. The average molecular weight is 539 g/mol. The van der Waals surface area contributed by atoms with Crippen molar-refractivity contribution in [3.63, 3.8) is 0 Å². The highest BCUT2D eigenvalue weighted by atomic mass is 19.3. The molecule has 0 aromatic carbocycles. The topological polar surface area (TPSA) is 39.7 Å². The molecule has 10 heteroatoms. The van der Waals surface area contributed by atoms with Gasteiger partial charge in [0.05, 0.1) is 12.6 Å². The Kier molecular flexibility index (Phi) is 16.8. The van der Waals surface area contributed by atoms with Crippen molar-refractivity contribution < 1.29 is 18.3 Å². The molecular weight excluding hydrogens is 481 g/mol. The summed E-state index contributed by atoms with van der Waals surface area (Å²) in [5.74, 6) is -2.41. The first kappa shape index (κ1) is 34.5. The van der Waals surface area contributed by atoms with Crippen LogP contribution in [-0.4, -0.2) is 174 Å². The fourth-order valence-electron chi connectivity index (χ4n) is 4.91. The van der Waals surface area contributed by atoms with E-state index in [2.05, 4.69) is 47.8 Å². The van der Waals surface area contributed by atoms with Gasteiger partial charge < -0.3 is 34.5 Å². The van der Waals surface area contributed by atoms with E-state index in [1.54, 1.807) is 11.9 Å². The van der Waals surface area contributed by atoms with E-state index >= 15 is 0 Å². The quantitative estimate of drug-likeness (QED) is 0.549. The molecule has 0 radical (unpaired) electrons. The van der Waals surface area contributed by atoms with Crippen molar-refractivity contribution in [2.24, 2.45) is 0 Å². The van der Waals surface area contributed by atoms with Crippen LogP contribution in [0.25, 0.3) is 0 Å². The Labute approximate surface area is 225 Å². The van der Waals surface area contributed by atoms with Gasteiger partial charge in [0.15, 0.2) is 0 Å². The van der Waals surface area contributed by atoms with Crippen LogP contribution in [0.4, 0.5) is 13.2 Å². The van der Waals surface area contributed by atoms with Crippen LogP contribution in [0.2, 0.25) is 0 Å². The van der Waals surface area contributed by atoms with Crippen LogP contribution in [0.3, 0.4) is 0 Å². The number of aliphatic hydroxyl groups is 1. The predicted octanol–water partition coefficient (Wildman–Crippen LogP) is 2.26. The van der Waals surface area contributed by atoms with Crippen LogP contribution in [0.1, 0.15) is 38.5 Å². The lowest BCUT2D eigenvalue weighted by Gasteiger charge is -2.17. The second-order valence-electron chi connectivity index (χ2n) is 11.9. The molecule has 0 aliphatic carbocycles. The van der Waals surface area contributed by atoms with Gasteiger partial charge in [0.2, 0.25) is 0 Å². The van der Waals surface area contributed by atoms with Gasteiger partial charge in [-0.15, -0.1) is 0 Å². The van der Waals surface area contributed by atoms with Gasteiger partial charge in [-0.25, -0.2) is 13.2 Å². The number of alkyl halides is 3. The highest BCUT2D eigenvalue weighted by Crippen LogP contribution is 2.25. The first-order valence-corrected chi connectivity index (χ1v) is 14.1. The Hall–Kier alpha value is -0.490. The van der Waals surface area contributed by atoms with Gasteiger partial charge in [-0.2, -0.15) is 0 Å². The average Bonchev–Trinajstić information content (AvgIpc) is 3.62. The summed E-state index contributed by atoms with van der Waals surface area (Å²) >= 11 is 0. The van der Waals surface area contributed by atoms with Crippen molar-refractivity contribution >= 4 is 0 Å². The van der Waals surface area contributed by atoms with Gasteiger partial charge in [-0.1, -0.05) is 0 Å². The lowest BCUT2D eigenvalue weighted by atomic mass is 10.2. The highest BCUT2D eigenvalue weighted by Gasteiger charge is 2.36. The van der Waals surface area contributed by atoms with E-state index in [9.17, 15) is 13.2 Å². The summed E-state index contributed by atoms with van der Waals surface area (Å²) in [5, 5.41) is 8.86. The number of likely N-dealkylation sites (N-methyl/N-ethyl adjacent to an activating group) is 3. The zero-order chi connectivity index (χ0) is 28.0. The molecule has 0 aromatic heterocycles. The van der Waals surface area contributed by atoms with Crippen LogP contribution in [0, 0.1) is 0 Å². The maximum atomic E-state index is 12.2. The van der Waals surface area contributed by atoms with Crippen molar-refractivity contribution in [3.05, 3.63) is 0 Å². The van der Waals surface area contributed by atoms with Crippen LogP contribution >= 0.6 is 0 Å². The van der Waals surface area contributed by atoms with Crippen LogP contribution in [0.5, 0.6) is 0 Å². The number of hydrogen-bond donors (Lipinski definition) is 1. The van der Waals surface area contributed by atoms with Crippen molar-refractivity contribution in [2.45, 2.75) is 62.8 Å². The molecule has 3 atom stereocenters. The third kappa shape index (κ3) is 16.9. The maximum Gasteiger partial charge on any atom is 0.261 e. The van der Waals surface area contributed by atoms with Gasteiger partial charge >= 0.3 is 0 Å². The SMILES string of the molecule is CN1CCC(F)(F)C1.CN1CCC(F)C1.CN1CCC(N(C)C)C1.CN1CCC(O)C1.CN1CCCC1. The van der Waals surface area contributed by atoms with Gasteiger partial charge in [0, 0.05) is 51.7 Å². The smallest absolute Gasteiger partial charge is 0.261 e. The van der Waals surface area contributed by atoms with Crippen molar-refractivity contribution in [1.29, 1.82) is 0 Å². The largest absolute Gasteiger partial charge is 0.392 e. The molecule has 0 bridgehead atoms. The number of rotatable bonds is 1. The van der Waals surface area contributed by atoms with E-state index in [0.29, 0.717) is 13.1 Å². The second kappa shape index (κ2) is 18.0. The third-order valence-electron chi connectivity index (χ3n) is 7.49. The molecule has 222 valence electrons. The lowest BCUT2D eigenvalue weighted by Crippen LogP contribution is -2.30. The summed E-state index contributed by atoms with van der Waals surface area (Å²) in [6, 6.07) is 0.801. The molecule has 1 N–H and O–H groups in total. The highest BCUT2D eigenvalue weighted by molar-refractivity contribution is 4.79. The molecule has 0 amide bonds. The number of likely N-dealkylation sites (tertiary alicyclic amines) is 5. The monoisotopic (exact) mass is 538 g/mol. The van der Waals surface area contributed by atoms with E-state index < -0.39 is 12.1 Å². The lowest BCUT2D eigenvalue weighted by molar-refractivity contribution is 0.0146. The Balaban J connectivity index is 0.000000233. The minimum absolute atomic E-state index is 0.0312. The molecule has 5 aliphatic heterocycles. The molecule has 0 aromatic rings. The van der Waals surface area contributed by atoms with Gasteiger partial charge in [-0.05, 0) is 101 Å². The zero-order valence-corrected chi connectivity index (χ0v) is 24.8. The molecule has 3 unspecified atom stereocenters. The second-order valence-corrected chi connectivity index (χ2v) is 11.9. The van der Waals surface area contributed by atoms with E-state index in [0.717, 1.165) is 38.5 Å². The van der Waals surface area contributed by atoms with Gasteiger partial charge in [0.1, 0.15) is 6.17 Å².